The van der Waals surface area contributed by atoms with Gasteiger partial charge in [-0.05, 0) is 18.6 Å². The number of ether oxygens (including phenoxy) is 1. The highest BCUT2D eigenvalue weighted by Crippen LogP contribution is 2.21. The molecule has 0 saturated carbocycles. The SMILES string of the molecule is COc1ccc2ccc(C=O)c(C)c2n1. The van der Waals surface area contributed by atoms with Crippen molar-refractivity contribution in [1.29, 1.82) is 0 Å². The van der Waals surface area contributed by atoms with E-state index in [2.05, 4.69) is 4.98 Å². The summed E-state index contributed by atoms with van der Waals surface area (Å²) >= 11 is 0. The summed E-state index contributed by atoms with van der Waals surface area (Å²) in [5.74, 6) is 0.564. The van der Waals surface area contributed by atoms with Gasteiger partial charge in [0.05, 0.1) is 12.6 Å². The van der Waals surface area contributed by atoms with Crippen LogP contribution in [0.1, 0.15) is 15.9 Å². The third-order valence-corrected chi connectivity index (χ3v) is 2.47. The molecule has 0 amide bonds. The number of benzene rings is 1. The van der Waals surface area contributed by atoms with E-state index in [1.807, 2.05) is 25.1 Å². The monoisotopic (exact) mass is 201 g/mol. The van der Waals surface area contributed by atoms with Crippen molar-refractivity contribution < 1.29 is 9.53 Å². The van der Waals surface area contributed by atoms with E-state index in [9.17, 15) is 4.79 Å². The molecule has 0 N–H and O–H groups in total. The predicted molar refractivity (Wildman–Crippen MR) is 58.4 cm³/mol. The molecule has 0 aliphatic rings. The fourth-order valence-electron chi connectivity index (χ4n) is 1.57. The molecule has 1 heterocycles. The van der Waals surface area contributed by atoms with Gasteiger partial charge in [0.1, 0.15) is 6.29 Å². The van der Waals surface area contributed by atoms with Crippen molar-refractivity contribution in [3.63, 3.8) is 0 Å². The van der Waals surface area contributed by atoms with Crippen molar-refractivity contribution in [2.24, 2.45) is 0 Å². The molecule has 0 fully saturated rings. The molecule has 2 aromatic rings. The first-order chi connectivity index (χ1) is 7.26. The Morgan fingerprint density at radius 2 is 2.00 bits per heavy atom. The standard InChI is InChI=1S/C12H11NO2/c1-8-10(7-14)4-3-9-5-6-11(15-2)13-12(8)9/h3-7H,1-2H3. The van der Waals surface area contributed by atoms with Crippen LogP contribution in [0.25, 0.3) is 10.9 Å². The number of aromatic nitrogens is 1. The molecule has 0 aliphatic carbocycles. The van der Waals surface area contributed by atoms with Crippen molar-refractivity contribution >= 4 is 17.2 Å². The lowest BCUT2D eigenvalue weighted by molar-refractivity contribution is 0.112. The molecule has 0 unspecified atom stereocenters. The second kappa shape index (κ2) is 3.69. The van der Waals surface area contributed by atoms with Crippen molar-refractivity contribution in [2.45, 2.75) is 6.92 Å². The summed E-state index contributed by atoms with van der Waals surface area (Å²) in [5, 5.41) is 1.01. The summed E-state index contributed by atoms with van der Waals surface area (Å²) in [5.41, 5.74) is 2.38. The first-order valence-electron chi connectivity index (χ1n) is 4.66. The lowest BCUT2D eigenvalue weighted by atomic mass is 10.1. The van der Waals surface area contributed by atoms with Gasteiger partial charge < -0.3 is 4.74 Å². The van der Waals surface area contributed by atoms with Gasteiger partial charge in [0.25, 0.3) is 0 Å². The van der Waals surface area contributed by atoms with E-state index in [1.54, 1.807) is 13.2 Å². The maximum Gasteiger partial charge on any atom is 0.213 e. The molecule has 76 valence electrons. The summed E-state index contributed by atoms with van der Waals surface area (Å²) in [7, 11) is 1.58. The normalized spacial score (nSPS) is 10.3. The third kappa shape index (κ3) is 1.56. The van der Waals surface area contributed by atoms with E-state index in [4.69, 9.17) is 4.74 Å². The van der Waals surface area contributed by atoms with Gasteiger partial charge in [-0.15, -0.1) is 0 Å². The van der Waals surface area contributed by atoms with Crippen molar-refractivity contribution in [2.75, 3.05) is 7.11 Å². The predicted octanol–water partition coefficient (Wildman–Crippen LogP) is 2.36. The number of methoxy groups -OCH3 is 1. The van der Waals surface area contributed by atoms with Crippen molar-refractivity contribution in [3.05, 3.63) is 35.4 Å². The van der Waals surface area contributed by atoms with Crippen LogP contribution in [-0.2, 0) is 0 Å². The van der Waals surface area contributed by atoms with E-state index < -0.39 is 0 Å². The Kier molecular flexibility index (Phi) is 2.37. The third-order valence-electron chi connectivity index (χ3n) is 2.47. The van der Waals surface area contributed by atoms with Crippen LogP contribution in [0.3, 0.4) is 0 Å². The molecule has 0 bridgehead atoms. The average Bonchev–Trinajstić information content (AvgIpc) is 2.29. The number of aldehydes is 1. The van der Waals surface area contributed by atoms with Gasteiger partial charge in [-0.1, -0.05) is 12.1 Å². The minimum atomic E-state index is 0.564. The fourth-order valence-corrected chi connectivity index (χ4v) is 1.57. The lowest BCUT2D eigenvalue weighted by Crippen LogP contribution is -1.93. The van der Waals surface area contributed by atoms with Gasteiger partial charge in [0.2, 0.25) is 5.88 Å². The molecule has 0 saturated heterocycles. The van der Waals surface area contributed by atoms with Crippen LogP contribution in [0.4, 0.5) is 0 Å². The van der Waals surface area contributed by atoms with Crippen LogP contribution in [0.5, 0.6) is 5.88 Å². The maximum atomic E-state index is 10.8. The molecule has 3 heteroatoms. The second-order valence-corrected chi connectivity index (χ2v) is 3.32. The number of carbonyl (C=O) groups excluding carboxylic acids is 1. The molecular weight excluding hydrogens is 190 g/mol. The molecule has 1 aromatic carbocycles. The van der Waals surface area contributed by atoms with Crippen LogP contribution in [0.2, 0.25) is 0 Å². The van der Waals surface area contributed by atoms with E-state index in [1.165, 1.54) is 0 Å². The van der Waals surface area contributed by atoms with Crippen LogP contribution < -0.4 is 4.74 Å². The topological polar surface area (TPSA) is 39.2 Å². The van der Waals surface area contributed by atoms with Gasteiger partial charge in [-0.25, -0.2) is 4.98 Å². The zero-order valence-corrected chi connectivity index (χ0v) is 8.65. The Balaban J connectivity index is 2.77. The van der Waals surface area contributed by atoms with Gasteiger partial charge in [0.15, 0.2) is 0 Å². The number of pyridine rings is 1. The Morgan fingerprint density at radius 1 is 1.27 bits per heavy atom. The minimum Gasteiger partial charge on any atom is -0.481 e. The summed E-state index contributed by atoms with van der Waals surface area (Å²) in [4.78, 5) is 15.1. The number of hydrogen-bond acceptors (Lipinski definition) is 3. The summed E-state index contributed by atoms with van der Waals surface area (Å²) in [6.07, 6.45) is 0.843. The Morgan fingerprint density at radius 3 is 2.67 bits per heavy atom. The lowest BCUT2D eigenvalue weighted by Gasteiger charge is -2.05. The number of rotatable bonds is 2. The highest BCUT2D eigenvalue weighted by molar-refractivity contribution is 5.90. The van der Waals surface area contributed by atoms with Crippen molar-refractivity contribution in [1.82, 2.24) is 4.98 Å². The Labute approximate surface area is 87.7 Å². The molecule has 0 spiro atoms. The first-order valence-corrected chi connectivity index (χ1v) is 4.66. The number of carbonyl (C=O) groups is 1. The Bertz CT molecular complexity index is 520. The zero-order valence-electron chi connectivity index (χ0n) is 8.65. The van der Waals surface area contributed by atoms with Crippen LogP contribution in [-0.4, -0.2) is 18.4 Å². The number of fused-ring (bicyclic) bond motifs is 1. The molecule has 0 radical (unpaired) electrons. The number of aryl methyl sites for hydroxylation is 1. The maximum absolute atomic E-state index is 10.8. The van der Waals surface area contributed by atoms with Crippen LogP contribution in [0.15, 0.2) is 24.3 Å². The quantitative estimate of drug-likeness (QED) is 0.700. The van der Waals surface area contributed by atoms with E-state index in [0.717, 1.165) is 22.8 Å². The second-order valence-electron chi connectivity index (χ2n) is 3.32. The summed E-state index contributed by atoms with van der Waals surface area (Å²) in [6, 6.07) is 7.43. The molecule has 3 nitrogen and oxygen atoms in total. The molecular formula is C12H11NO2. The molecule has 1 aromatic heterocycles. The average molecular weight is 201 g/mol. The van der Waals surface area contributed by atoms with Gasteiger partial charge in [-0.3, -0.25) is 4.79 Å². The minimum absolute atomic E-state index is 0.564. The smallest absolute Gasteiger partial charge is 0.213 e. The molecule has 0 atom stereocenters. The summed E-state index contributed by atoms with van der Waals surface area (Å²) < 4.78 is 5.05. The molecule has 2 rings (SSSR count). The van der Waals surface area contributed by atoms with E-state index in [0.29, 0.717) is 11.4 Å². The van der Waals surface area contributed by atoms with Crippen molar-refractivity contribution in [3.8, 4) is 5.88 Å². The highest BCUT2D eigenvalue weighted by Gasteiger charge is 2.05. The highest BCUT2D eigenvalue weighted by atomic mass is 16.5. The van der Waals surface area contributed by atoms with Gasteiger partial charge in [0, 0.05) is 17.0 Å². The van der Waals surface area contributed by atoms with E-state index in [-0.39, 0.29) is 0 Å². The fraction of sp³-hybridized carbons (Fsp3) is 0.167. The summed E-state index contributed by atoms with van der Waals surface area (Å²) in [6.45, 7) is 1.89. The van der Waals surface area contributed by atoms with Crippen LogP contribution in [0, 0.1) is 6.92 Å². The number of nitrogens with zero attached hydrogens (tertiary/aromatic N) is 1. The van der Waals surface area contributed by atoms with Crippen LogP contribution >= 0.6 is 0 Å². The van der Waals surface area contributed by atoms with Gasteiger partial charge in [-0.2, -0.15) is 0 Å². The molecule has 0 aliphatic heterocycles. The largest absolute Gasteiger partial charge is 0.481 e. The zero-order chi connectivity index (χ0) is 10.8. The Hall–Kier alpha value is -1.90. The molecule has 15 heavy (non-hydrogen) atoms. The first kappa shape index (κ1) is 9.65. The van der Waals surface area contributed by atoms with Gasteiger partial charge >= 0.3 is 0 Å². The number of hydrogen-bond donors (Lipinski definition) is 0. The van der Waals surface area contributed by atoms with E-state index >= 15 is 0 Å².